The number of carbonyl (C=O) groups excluding carboxylic acids is 2. The first-order valence-corrected chi connectivity index (χ1v) is 10.1. The van der Waals surface area contributed by atoms with E-state index >= 15 is 0 Å². The van der Waals surface area contributed by atoms with Gasteiger partial charge < -0.3 is 10.1 Å². The van der Waals surface area contributed by atoms with E-state index in [0.717, 1.165) is 0 Å². The number of halogens is 1. The Bertz CT molecular complexity index is 1030. The summed E-state index contributed by atoms with van der Waals surface area (Å²) in [5, 5.41) is 13.5. The van der Waals surface area contributed by atoms with Crippen molar-refractivity contribution in [3.8, 4) is 5.75 Å². The Morgan fingerprint density at radius 1 is 1.14 bits per heavy atom. The van der Waals surface area contributed by atoms with Crippen LogP contribution < -0.4 is 15.1 Å². The second kappa shape index (κ2) is 8.54. The number of thioether (sulfide) groups is 1. The molecule has 0 bridgehead atoms. The number of rotatable bonds is 6. The average molecular weight is 430 g/mol. The molecular weight excluding hydrogens is 414 g/mol. The number of hydrogen-bond acceptors (Lipinski definition) is 6. The van der Waals surface area contributed by atoms with Gasteiger partial charge in [0.1, 0.15) is 18.9 Å². The lowest BCUT2D eigenvalue weighted by molar-refractivity contribution is -0.121. The van der Waals surface area contributed by atoms with Crippen molar-refractivity contribution in [2.45, 2.75) is 11.8 Å². The summed E-state index contributed by atoms with van der Waals surface area (Å²) in [7, 11) is 0. The number of anilines is 1. The second-order valence-corrected chi connectivity index (χ2v) is 7.49. The van der Waals surface area contributed by atoms with Crippen LogP contribution in [-0.4, -0.2) is 39.0 Å². The van der Waals surface area contributed by atoms with Gasteiger partial charge in [0.25, 0.3) is 5.91 Å². The topological polar surface area (TPSA) is 89.3 Å². The number of nitrogens with zero attached hydrogens (tertiary/aromatic N) is 4. The van der Waals surface area contributed by atoms with E-state index in [9.17, 15) is 9.59 Å². The monoisotopic (exact) mass is 429 g/mol. The van der Waals surface area contributed by atoms with Gasteiger partial charge in [0, 0.05) is 10.7 Å². The number of amides is 2. The number of para-hydroxylation sites is 1. The third kappa shape index (κ3) is 4.52. The van der Waals surface area contributed by atoms with Gasteiger partial charge in [-0.05, 0) is 36.4 Å². The maximum atomic E-state index is 12.5. The minimum atomic E-state index is -0.319. The minimum absolute atomic E-state index is 0.0826. The molecule has 8 nitrogen and oxygen atoms in total. The van der Waals surface area contributed by atoms with Gasteiger partial charge in [0.05, 0.1) is 5.75 Å². The van der Waals surface area contributed by atoms with E-state index in [1.54, 1.807) is 36.4 Å². The normalized spacial score (nSPS) is 13.1. The van der Waals surface area contributed by atoms with Crippen LogP contribution in [-0.2, 0) is 16.2 Å². The SMILES string of the molecule is O=C(CN1C(=O)CSc2nnc(COc3ccc(Cl)cc3)n21)Nc1ccccc1. The number of ether oxygens (including phenoxy) is 1. The highest BCUT2D eigenvalue weighted by Crippen LogP contribution is 2.24. The number of nitrogens with one attached hydrogen (secondary N) is 1. The summed E-state index contributed by atoms with van der Waals surface area (Å²) in [6.07, 6.45) is 0. The highest BCUT2D eigenvalue weighted by Gasteiger charge is 2.30. The molecule has 10 heteroatoms. The first-order valence-electron chi connectivity index (χ1n) is 8.71. The Kier molecular flexibility index (Phi) is 5.68. The van der Waals surface area contributed by atoms with E-state index < -0.39 is 0 Å². The van der Waals surface area contributed by atoms with Gasteiger partial charge in [0.2, 0.25) is 11.1 Å². The molecular formula is C19H16ClN5O3S. The summed E-state index contributed by atoms with van der Waals surface area (Å²) in [4.78, 5) is 25.0. The van der Waals surface area contributed by atoms with Crippen LogP contribution in [0.4, 0.5) is 5.69 Å². The van der Waals surface area contributed by atoms with Crippen LogP contribution in [0, 0.1) is 0 Å². The highest BCUT2D eigenvalue weighted by atomic mass is 35.5. The van der Waals surface area contributed by atoms with Gasteiger partial charge in [-0.25, -0.2) is 9.69 Å². The van der Waals surface area contributed by atoms with E-state index in [-0.39, 0.29) is 30.7 Å². The molecule has 1 aliphatic heterocycles. The highest BCUT2D eigenvalue weighted by molar-refractivity contribution is 7.99. The molecule has 2 heterocycles. The Morgan fingerprint density at radius 3 is 2.66 bits per heavy atom. The molecule has 2 aromatic carbocycles. The van der Waals surface area contributed by atoms with Crippen LogP contribution in [0.5, 0.6) is 5.75 Å². The maximum absolute atomic E-state index is 12.5. The smallest absolute Gasteiger partial charge is 0.252 e. The van der Waals surface area contributed by atoms with E-state index in [1.807, 2.05) is 18.2 Å². The van der Waals surface area contributed by atoms with Crippen molar-refractivity contribution >= 4 is 40.9 Å². The fraction of sp³-hybridized carbons (Fsp3) is 0.158. The standard InChI is InChI=1S/C19H16ClN5O3S/c20-13-6-8-15(9-7-13)28-11-16-22-23-19-25(16)24(18(27)12-29-19)10-17(26)21-14-4-2-1-3-5-14/h1-9H,10-12H2,(H,21,26). The molecule has 0 aliphatic carbocycles. The van der Waals surface area contributed by atoms with Crippen molar-refractivity contribution in [2.24, 2.45) is 0 Å². The zero-order valence-electron chi connectivity index (χ0n) is 15.1. The summed E-state index contributed by atoms with van der Waals surface area (Å²) in [5.74, 6) is 0.686. The molecule has 1 N–H and O–H groups in total. The first kappa shape index (κ1) is 19.3. The molecule has 1 aliphatic rings. The predicted octanol–water partition coefficient (Wildman–Crippen LogP) is 2.72. The number of aromatic nitrogens is 3. The fourth-order valence-corrected chi connectivity index (χ4v) is 3.68. The molecule has 0 saturated heterocycles. The summed E-state index contributed by atoms with van der Waals surface area (Å²) >= 11 is 7.15. The molecule has 29 heavy (non-hydrogen) atoms. The number of carbonyl (C=O) groups is 2. The molecule has 0 saturated carbocycles. The van der Waals surface area contributed by atoms with Crippen molar-refractivity contribution in [3.63, 3.8) is 0 Å². The third-order valence-corrected chi connectivity index (χ3v) is 5.22. The van der Waals surface area contributed by atoms with Crippen LogP contribution in [0.3, 0.4) is 0 Å². The average Bonchev–Trinajstić information content (AvgIpc) is 3.14. The van der Waals surface area contributed by atoms with E-state index in [4.69, 9.17) is 16.3 Å². The van der Waals surface area contributed by atoms with E-state index in [2.05, 4.69) is 15.5 Å². The molecule has 148 valence electrons. The summed E-state index contributed by atoms with van der Waals surface area (Å²) in [6, 6.07) is 16.0. The Morgan fingerprint density at radius 2 is 1.90 bits per heavy atom. The Labute approximate surface area is 175 Å². The van der Waals surface area contributed by atoms with Crippen LogP contribution in [0.15, 0.2) is 59.8 Å². The van der Waals surface area contributed by atoms with Crippen molar-refractivity contribution in [1.29, 1.82) is 0 Å². The number of fused-ring (bicyclic) bond motifs is 1. The van der Waals surface area contributed by atoms with Crippen molar-refractivity contribution in [1.82, 2.24) is 14.9 Å². The van der Waals surface area contributed by atoms with Gasteiger partial charge in [-0.15, -0.1) is 10.2 Å². The lowest BCUT2D eigenvalue weighted by Crippen LogP contribution is -2.49. The molecule has 0 fully saturated rings. The lowest BCUT2D eigenvalue weighted by Gasteiger charge is -2.28. The summed E-state index contributed by atoms with van der Waals surface area (Å²) in [5.41, 5.74) is 0.659. The lowest BCUT2D eigenvalue weighted by atomic mass is 10.3. The Hall–Kier alpha value is -3.04. The van der Waals surface area contributed by atoms with Crippen LogP contribution in [0.2, 0.25) is 5.02 Å². The second-order valence-electron chi connectivity index (χ2n) is 6.11. The zero-order valence-corrected chi connectivity index (χ0v) is 16.7. The van der Waals surface area contributed by atoms with Crippen LogP contribution >= 0.6 is 23.4 Å². The number of hydrogen-bond donors (Lipinski definition) is 1. The van der Waals surface area contributed by atoms with Gasteiger partial charge in [-0.1, -0.05) is 41.6 Å². The molecule has 0 atom stereocenters. The molecule has 3 aromatic rings. The predicted molar refractivity (Wildman–Crippen MR) is 110 cm³/mol. The van der Waals surface area contributed by atoms with Gasteiger partial charge in [-0.3, -0.25) is 9.59 Å². The van der Waals surface area contributed by atoms with Gasteiger partial charge in [-0.2, -0.15) is 0 Å². The van der Waals surface area contributed by atoms with E-state index in [1.165, 1.54) is 21.4 Å². The molecule has 0 radical (unpaired) electrons. The summed E-state index contributed by atoms with van der Waals surface area (Å²) in [6.45, 7) is -0.0768. The first-order chi connectivity index (χ1) is 14.1. The largest absolute Gasteiger partial charge is 0.486 e. The Balaban J connectivity index is 1.50. The molecule has 0 unspecified atom stereocenters. The third-order valence-electron chi connectivity index (χ3n) is 4.06. The van der Waals surface area contributed by atoms with Crippen LogP contribution in [0.1, 0.15) is 5.82 Å². The minimum Gasteiger partial charge on any atom is -0.486 e. The van der Waals surface area contributed by atoms with Gasteiger partial charge in [0.15, 0.2) is 5.82 Å². The maximum Gasteiger partial charge on any atom is 0.252 e. The van der Waals surface area contributed by atoms with Crippen molar-refractivity contribution in [3.05, 3.63) is 65.4 Å². The van der Waals surface area contributed by atoms with Crippen molar-refractivity contribution in [2.75, 3.05) is 22.6 Å². The van der Waals surface area contributed by atoms with E-state index in [0.29, 0.717) is 27.4 Å². The van der Waals surface area contributed by atoms with Crippen LogP contribution in [0.25, 0.3) is 0 Å². The fourth-order valence-electron chi connectivity index (χ4n) is 2.73. The molecule has 2 amide bonds. The summed E-state index contributed by atoms with van der Waals surface area (Å²) < 4.78 is 7.26. The quantitative estimate of drug-likeness (QED) is 0.648. The molecule has 1 aromatic heterocycles. The van der Waals surface area contributed by atoms with Crippen molar-refractivity contribution < 1.29 is 14.3 Å². The zero-order chi connectivity index (χ0) is 20.2. The number of benzene rings is 2. The van der Waals surface area contributed by atoms with Gasteiger partial charge >= 0.3 is 0 Å². The molecule has 4 rings (SSSR count). The molecule has 0 spiro atoms.